The molecule has 214 valence electrons. The van der Waals surface area contributed by atoms with Crippen LogP contribution in [0.15, 0.2) is 0 Å². The Balaban J connectivity index is 1.55. The number of hydrogen-bond acceptors (Lipinski definition) is 5. The summed E-state index contributed by atoms with van der Waals surface area (Å²) in [7, 11) is -1.34. The van der Waals surface area contributed by atoms with Crippen molar-refractivity contribution < 1.29 is 23.5 Å². The van der Waals surface area contributed by atoms with Crippen LogP contribution in [0.25, 0.3) is 0 Å². The van der Waals surface area contributed by atoms with E-state index in [1.165, 1.54) is 0 Å². The monoisotopic (exact) mass is 552 g/mol. The Morgan fingerprint density at radius 3 is 2.16 bits per heavy atom. The van der Waals surface area contributed by atoms with E-state index >= 15 is 0 Å². The summed E-state index contributed by atoms with van der Waals surface area (Å²) in [5, 5.41) is 10.3. The zero-order chi connectivity index (χ0) is 27.4. The molecule has 3 aliphatic carbocycles. The molecule has 7 heteroatoms. The first-order valence-electron chi connectivity index (χ1n) is 15.1. The Bertz CT molecular complexity index is 823. The molecule has 1 saturated heterocycles. The fourth-order valence-electron chi connectivity index (χ4n) is 9.47. The second-order valence-corrected chi connectivity index (χ2v) is 22.3. The van der Waals surface area contributed by atoms with Crippen LogP contribution < -0.4 is 0 Å². The van der Waals surface area contributed by atoms with Crippen molar-refractivity contribution in [1.29, 1.82) is 0 Å². The molecule has 37 heavy (non-hydrogen) atoms. The molecule has 0 aromatic rings. The number of rotatable bonds is 7. The summed E-state index contributed by atoms with van der Waals surface area (Å²) in [6, 6.07) is 1.58. The van der Waals surface area contributed by atoms with E-state index in [2.05, 4.69) is 47.3 Å². The molecule has 3 saturated carbocycles. The van der Waals surface area contributed by atoms with Crippen molar-refractivity contribution >= 4 is 17.0 Å². The topological polar surface area (TPSA) is 65.0 Å². The third kappa shape index (κ3) is 6.37. The fourth-order valence-corrected chi connectivity index (χ4v) is 12.0. The second kappa shape index (κ2) is 10.8. The summed E-state index contributed by atoms with van der Waals surface area (Å²) in [4.78, 5) is 0. The van der Waals surface area contributed by atoms with Gasteiger partial charge in [0.1, 0.15) is 0 Å². The molecule has 9 unspecified atom stereocenters. The van der Waals surface area contributed by atoms with Crippen LogP contribution in [0.3, 0.4) is 0 Å². The summed E-state index contributed by atoms with van der Waals surface area (Å²) >= 11 is 0. The second-order valence-electron chi connectivity index (χ2n) is 15.6. The molecule has 9 atom stereocenters. The molecule has 0 bridgehead atoms. The summed E-state index contributed by atoms with van der Waals surface area (Å²) in [5.74, 6) is 2.27. The fraction of sp³-hybridized carbons (Fsp3) is 1.00. The number of hydrogen-bond donors (Lipinski definition) is 1. The van der Waals surface area contributed by atoms with Crippen molar-refractivity contribution in [3.8, 4) is 0 Å². The average molecular weight is 553 g/mol. The first kappa shape index (κ1) is 30.0. The maximum atomic E-state index is 12.5. The van der Waals surface area contributed by atoms with E-state index in [1.54, 1.807) is 0 Å². The van der Waals surface area contributed by atoms with E-state index in [1.807, 2.05) is 14.0 Å². The van der Waals surface area contributed by atoms with Gasteiger partial charge >= 0.3 is 0 Å². The van der Waals surface area contributed by atoms with E-state index in [4.69, 9.17) is 13.9 Å². The van der Waals surface area contributed by atoms with Gasteiger partial charge in [-0.25, -0.2) is 0 Å². The molecule has 0 aromatic heterocycles. The van der Waals surface area contributed by atoms with E-state index < -0.39 is 17.0 Å². The molecule has 1 N–H and O–H groups in total. The lowest BCUT2D eigenvalue weighted by atomic mass is 9.50. The molecular weight excluding hydrogens is 496 g/mol. The Hall–Kier alpha value is 0.0738. The van der Waals surface area contributed by atoms with Gasteiger partial charge < -0.3 is 23.5 Å². The zero-order valence-electron chi connectivity index (χ0n) is 25.3. The van der Waals surface area contributed by atoms with Crippen LogP contribution in [0.2, 0.25) is 31.7 Å². The third-order valence-electron chi connectivity index (χ3n) is 10.7. The Labute approximate surface area is 229 Å². The normalized spacial score (nSPS) is 43.2. The SMILES string of the molecule is CC[Si](=O)CC1CC2C(CC1CO)OC1(CC3CC(OC)C(O[Si](C)(C)C)CC3C(C)(C)C1)CC2(C)C. The Morgan fingerprint density at radius 2 is 1.59 bits per heavy atom. The summed E-state index contributed by atoms with van der Waals surface area (Å²) in [5.41, 5.74) is 0.245. The highest BCUT2D eigenvalue weighted by atomic mass is 28.4. The first-order valence-corrected chi connectivity index (χ1v) is 20.4. The van der Waals surface area contributed by atoms with Crippen molar-refractivity contribution in [3.05, 3.63) is 0 Å². The van der Waals surface area contributed by atoms with Gasteiger partial charge in [0.2, 0.25) is 0 Å². The van der Waals surface area contributed by atoms with Crippen LogP contribution in [0.5, 0.6) is 0 Å². The molecule has 1 aliphatic heterocycles. The smallest absolute Gasteiger partial charge is 0.276 e. The van der Waals surface area contributed by atoms with Gasteiger partial charge in [-0.2, -0.15) is 0 Å². The van der Waals surface area contributed by atoms with Crippen molar-refractivity contribution in [3.63, 3.8) is 0 Å². The number of methoxy groups -OCH3 is 1. The van der Waals surface area contributed by atoms with Gasteiger partial charge in [-0.1, -0.05) is 34.6 Å². The highest BCUT2D eigenvalue weighted by molar-refractivity contribution is 6.69. The molecule has 0 aromatic carbocycles. The molecule has 0 radical (unpaired) electrons. The van der Waals surface area contributed by atoms with E-state index in [9.17, 15) is 9.57 Å². The number of ether oxygens (including phenoxy) is 2. The maximum Gasteiger partial charge on any atom is 0.276 e. The molecule has 4 fully saturated rings. The molecule has 1 heterocycles. The summed E-state index contributed by atoms with van der Waals surface area (Å²) in [6.07, 6.45) is 7.99. The minimum Gasteiger partial charge on any atom is -0.412 e. The van der Waals surface area contributed by atoms with Crippen LogP contribution >= 0.6 is 0 Å². The third-order valence-corrected chi connectivity index (χ3v) is 13.5. The van der Waals surface area contributed by atoms with Crippen molar-refractivity contribution in [2.75, 3.05) is 13.7 Å². The van der Waals surface area contributed by atoms with Crippen LogP contribution in [-0.4, -0.2) is 59.7 Å². The van der Waals surface area contributed by atoms with Crippen molar-refractivity contribution in [2.24, 2.45) is 40.4 Å². The van der Waals surface area contributed by atoms with Gasteiger partial charge in [0.25, 0.3) is 8.68 Å². The van der Waals surface area contributed by atoms with Crippen LogP contribution in [0.1, 0.15) is 79.6 Å². The van der Waals surface area contributed by atoms with E-state index in [0.29, 0.717) is 23.7 Å². The number of aliphatic hydroxyl groups excluding tert-OH is 1. The highest BCUT2D eigenvalue weighted by Gasteiger charge is 2.60. The van der Waals surface area contributed by atoms with Gasteiger partial charge in [-0.3, -0.25) is 0 Å². The lowest BCUT2D eigenvalue weighted by Crippen LogP contribution is -2.62. The quantitative estimate of drug-likeness (QED) is 0.356. The van der Waals surface area contributed by atoms with Crippen LogP contribution in [-0.2, 0) is 18.4 Å². The van der Waals surface area contributed by atoms with Gasteiger partial charge in [-0.05, 0) is 117 Å². The predicted molar refractivity (Wildman–Crippen MR) is 153 cm³/mol. The molecule has 5 nitrogen and oxygen atoms in total. The van der Waals surface area contributed by atoms with Gasteiger partial charge in [0, 0.05) is 13.7 Å². The largest absolute Gasteiger partial charge is 0.412 e. The van der Waals surface area contributed by atoms with Gasteiger partial charge in [-0.15, -0.1) is 0 Å². The average Bonchev–Trinajstić information content (AvgIpc) is 2.77. The molecule has 4 aliphatic rings. The minimum absolute atomic E-state index is 0.107. The Kier molecular flexibility index (Phi) is 8.78. The maximum absolute atomic E-state index is 12.5. The number of aliphatic hydroxyl groups is 1. The van der Waals surface area contributed by atoms with Crippen molar-refractivity contribution in [1.82, 2.24) is 0 Å². The van der Waals surface area contributed by atoms with Crippen molar-refractivity contribution in [2.45, 2.75) is 135 Å². The molecule has 1 spiro atoms. The highest BCUT2D eigenvalue weighted by Crippen LogP contribution is 2.62. The standard InChI is InChI=1S/C30H56O5Si2/c1-10-36(32)17-22-11-24-25(13-21(22)16-31)34-30(19-29(24,4)5)15-20-12-26(33-6)27(35-37(7,8)9)14-23(20)28(2,3)18-30/h20-27,31H,10-19H2,1-9H3. The molecule has 4 rings (SSSR count). The van der Waals surface area contributed by atoms with Gasteiger partial charge in [0.05, 0.1) is 23.9 Å². The van der Waals surface area contributed by atoms with Gasteiger partial charge in [0.15, 0.2) is 8.32 Å². The number of fused-ring (bicyclic) bond motifs is 2. The van der Waals surface area contributed by atoms with E-state index in [-0.39, 0.29) is 47.3 Å². The lowest BCUT2D eigenvalue weighted by Gasteiger charge is -2.63. The van der Waals surface area contributed by atoms with Crippen LogP contribution in [0, 0.1) is 40.4 Å². The Morgan fingerprint density at radius 1 is 0.946 bits per heavy atom. The van der Waals surface area contributed by atoms with Crippen LogP contribution in [0.4, 0.5) is 0 Å². The molecular formula is C30H56O5Si2. The first-order chi connectivity index (χ1) is 17.1. The predicted octanol–water partition coefficient (Wildman–Crippen LogP) is 6.70. The van der Waals surface area contributed by atoms with E-state index in [0.717, 1.165) is 57.0 Å². The summed E-state index contributed by atoms with van der Waals surface area (Å²) < 4.78 is 32.5. The minimum atomic E-state index is -1.65. The molecule has 0 amide bonds. The lowest BCUT2D eigenvalue weighted by molar-refractivity contribution is -0.260. The summed E-state index contributed by atoms with van der Waals surface area (Å²) in [6.45, 7) is 19.0. The zero-order valence-corrected chi connectivity index (χ0v) is 27.3.